The van der Waals surface area contributed by atoms with Crippen molar-refractivity contribution in [1.82, 2.24) is 19.9 Å². The second-order valence-electron chi connectivity index (χ2n) is 11.0. The highest BCUT2D eigenvalue weighted by atomic mass is 35.5. The first-order valence-corrected chi connectivity index (χ1v) is 13.9. The number of nitrogens with one attached hydrogen (secondary N) is 3. The van der Waals surface area contributed by atoms with E-state index in [2.05, 4.69) is 54.3 Å². The number of methoxy groups -OCH3 is 1. The molecular weight excluding hydrogens is 563 g/mol. The van der Waals surface area contributed by atoms with Gasteiger partial charge in [-0.25, -0.2) is 14.4 Å². The molecule has 2 fully saturated rings. The molecule has 1 amide bonds. The number of hydrogen-bond donors (Lipinski definition) is 4. The third-order valence-electron chi connectivity index (χ3n) is 7.59. The van der Waals surface area contributed by atoms with Crippen LogP contribution in [-0.2, 0) is 10.4 Å². The van der Waals surface area contributed by atoms with Gasteiger partial charge in [0.05, 0.1) is 34.8 Å². The summed E-state index contributed by atoms with van der Waals surface area (Å²) in [6, 6.07) is 6.54. The fourth-order valence-electron chi connectivity index (χ4n) is 5.64. The van der Waals surface area contributed by atoms with Crippen LogP contribution in [0.25, 0.3) is 0 Å². The zero-order chi connectivity index (χ0) is 30.2. The normalized spacial score (nSPS) is 18.5. The number of fused-ring (bicyclic) bond motifs is 1. The molecule has 5 rings (SSSR count). The molecule has 0 unspecified atom stereocenters. The lowest BCUT2D eigenvalue weighted by Crippen LogP contribution is -2.35. The highest BCUT2D eigenvalue weighted by Gasteiger charge is 2.41. The number of amides is 1. The number of rotatable bonds is 9. The van der Waals surface area contributed by atoms with Gasteiger partial charge < -0.3 is 35.6 Å². The Morgan fingerprint density at radius 2 is 1.88 bits per heavy atom. The van der Waals surface area contributed by atoms with Crippen LogP contribution >= 0.6 is 11.6 Å². The van der Waals surface area contributed by atoms with E-state index in [9.17, 15) is 14.3 Å². The van der Waals surface area contributed by atoms with Crippen molar-refractivity contribution in [3.8, 4) is 5.75 Å². The maximum absolute atomic E-state index is 14.3. The molecule has 2 atom stereocenters. The number of carbonyl (C=O) groups is 1. The minimum Gasteiger partial charge on any atom is -0.494 e. The molecule has 42 heavy (non-hydrogen) atoms. The van der Waals surface area contributed by atoms with Crippen LogP contribution in [0.2, 0.25) is 5.02 Å². The van der Waals surface area contributed by atoms with Gasteiger partial charge in [0.15, 0.2) is 0 Å². The molecule has 1 aromatic heterocycles. The zero-order valence-electron chi connectivity index (χ0n) is 23.9. The van der Waals surface area contributed by atoms with E-state index in [1.54, 1.807) is 27.0 Å². The monoisotopic (exact) mass is 596 g/mol. The summed E-state index contributed by atoms with van der Waals surface area (Å²) in [6.07, 6.45) is 3.58. The molecule has 3 heterocycles. The molecule has 3 aromatic rings. The van der Waals surface area contributed by atoms with E-state index >= 15 is 0 Å². The standard InChI is InChI=1S/C29H34ClFN8O3/c1-6-26(40)34-21-11-22(25(42-5)12-23(21)39-8-7-16-13-38(4)14-24(16)39)36-28-33-15-32-27(37-28)35-20-10-19(31)18(30)9-17(20)29(2,3)41/h6,9-12,15-16,24,41H,1,7-8,13-14H2,2-5H3,(H,34,40)(H2,32,33,35,36,37)/t16-,24+/m1/s1. The summed E-state index contributed by atoms with van der Waals surface area (Å²) in [6.45, 7) is 9.58. The van der Waals surface area contributed by atoms with Crippen LogP contribution in [0.4, 0.5) is 39.0 Å². The molecule has 4 N–H and O–H groups in total. The zero-order valence-corrected chi connectivity index (χ0v) is 24.7. The summed E-state index contributed by atoms with van der Waals surface area (Å²) < 4.78 is 20.1. The number of halogens is 2. The van der Waals surface area contributed by atoms with E-state index in [0.29, 0.717) is 34.6 Å². The van der Waals surface area contributed by atoms with Crippen LogP contribution in [0.3, 0.4) is 0 Å². The highest BCUT2D eigenvalue weighted by molar-refractivity contribution is 6.30. The minimum atomic E-state index is -1.32. The van der Waals surface area contributed by atoms with Crippen molar-refractivity contribution in [1.29, 1.82) is 0 Å². The van der Waals surface area contributed by atoms with Crippen LogP contribution < -0.4 is 25.6 Å². The quantitative estimate of drug-likeness (QED) is 0.259. The largest absolute Gasteiger partial charge is 0.494 e. The lowest BCUT2D eigenvalue weighted by molar-refractivity contribution is -0.111. The molecule has 0 aliphatic carbocycles. The van der Waals surface area contributed by atoms with Gasteiger partial charge in [0.25, 0.3) is 0 Å². The minimum absolute atomic E-state index is 0.101. The van der Waals surface area contributed by atoms with Gasteiger partial charge in [0.1, 0.15) is 17.9 Å². The number of likely N-dealkylation sites (tertiary alicyclic amines) is 1. The molecule has 0 spiro atoms. The lowest BCUT2D eigenvalue weighted by Gasteiger charge is -2.29. The summed E-state index contributed by atoms with van der Waals surface area (Å²) in [4.78, 5) is 29.8. The molecule has 2 saturated heterocycles. The van der Waals surface area contributed by atoms with Crippen molar-refractivity contribution in [2.75, 3.05) is 54.6 Å². The summed E-state index contributed by atoms with van der Waals surface area (Å²) >= 11 is 5.96. The Morgan fingerprint density at radius 1 is 1.17 bits per heavy atom. The van der Waals surface area contributed by atoms with Gasteiger partial charge in [0.2, 0.25) is 17.8 Å². The van der Waals surface area contributed by atoms with Crippen LogP contribution in [0.1, 0.15) is 25.8 Å². The number of anilines is 6. The molecule has 0 bridgehead atoms. The summed E-state index contributed by atoms with van der Waals surface area (Å²) in [7, 11) is 3.69. The van der Waals surface area contributed by atoms with Gasteiger partial charge >= 0.3 is 0 Å². The van der Waals surface area contributed by atoms with Gasteiger partial charge in [-0.05, 0) is 57.5 Å². The van der Waals surface area contributed by atoms with E-state index in [4.69, 9.17) is 16.3 Å². The first-order valence-electron chi connectivity index (χ1n) is 13.5. The van der Waals surface area contributed by atoms with E-state index in [1.807, 2.05) is 6.07 Å². The van der Waals surface area contributed by atoms with Gasteiger partial charge in [0, 0.05) is 43.0 Å². The maximum atomic E-state index is 14.3. The Bertz CT molecular complexity index is 1510. The first kappa shape index (κ1) is 29.5. The Labute approximate surface area is 248 Å². The number of likely N-dealkylation sites (N-methyl/N-ethyl adjacent to an activating group) is 1. The van der Waals surface area contributed by atoms with Crippen LogP contribution in [0, 0.1) is 11.7 Å². The number of nitrogens with zero attached hydrogens (tertiary/aromatic N) is 5. The van der Waals surface area contributed by atoms with Crippen molar-refractivity contribution in [2.45, 2.75) is 31.9 Å². The number of aliphatic hydroxyl groups is 1. The van der Waals surface area contributed by atoms with Gasteiger partial charge in [-0.2, -0.15) is 4.98 Å². The van der Waals surface area contributed by atoms with Gasteiger partial charge in [-0.3, -0.25) is 4.79 Å². The third-order valence-corrected chi connectivity index (χ3v) is 7.87. The summed E-state index contributed by atoms with van der Waals surface area (Å²) in [5, 5.41) is 19.5. The molecular formula is C29H34ClFN8O3. The van der Waals surface area contributed by atoms with E-state index < -0.39 is 11.4 Å². The van der Waals surface area contributed by atoms with Crippen molar-refractivity contribution < 1.29 is 19.0 Å². The highest BCUT2D eigenvalue weighted by Crippen LogP contribution is 2.43. The predicted octanol–water partition coefficient (Wildman–Crippen LogP) is 4.65. The van der Waals surface area contributed by atoms with Crippen molar-refractivity contribution >= 4 is 52.2 Å². The Kier molecular flexibility index (Phi) is 8.22. The Balaban J connectivity index is 1.47. The molecule has 0 saturated carbocycles. The smallest absolute Gasteiger partial charge is 0.247 e. The summed E-state index contributed by atoms with van der Waals surface area (Å²) in [5.74, 6) is 0.351. The van der Waals surface area contributed by atoms with Gasteiger partial charge in [-0.1, -0.05) is 18.2 Å². The molecule has 13 heteroatoms. The lowest BCUT2D eigenvalue weighted by atomic mass is 9.96. The van der Waals surface area contributed by atoms with Crippen LogP contribution in [-0.4, -0.2) is 70.7 Å². The number of carbonyl (C=O) groups excluding carboxylic acids is 1. The SMILES string of the molecule is C=CC(=O)Nc1cc(Nc2ncnc(Nc3cc(F)c(Cl)cc3C(C)(C)O)n2)c(OC)cc1N1CC[C@@H]2CN(C)C[C@@H]21. The van der Waals surface area contributed by atoms with E-state index in [-0.39, 0.29) is 28.5 Å². The fraction of sp³-hybridized carbons (Fsp3) is 0.379. The molecule has 2 aliphatic heterocycles. The van der Waals surface area contributed by atoms with Crippen molar-refractivity contribution in [2.24, 2.45) is 5.92 Å². The van der Waals surface area contributed by atoms with E-state index in [1.165, 1.54) is 24.5 Å². The van der Waals surface area contributed by atoms with Crippen molar-refractivity contribution in [3.63, 3.8) is 0 Å². The van der Waals surface area contributed by atoms with Crippen LogP contribution in [0.15, 0.2) is 43.2 Å². The first-order chi connectivity index (χ1) is 20.0. The average Bonchev–Trinajstić information content (AvgIpc) is 3.49. The second-order valence-corrected chi connectivity index (χ2v) is 11.5. The predicted molar refractivity (Wildman–Crippen MR) is 162 cm³/mol. The van der Waals surface area contributed by atoms with Gasteiger partial charge in [-0.15, -0.1) is 0 Å². The second kappa shape index (κ2) is 11.7. The molecule has 2 aromatic carbocycles. The maximum Gasteiger partial charge on any atom is 0.247 e. The number of benzene rings is 2. The molecule has 11 nitrogen and oxygen atoms in total. The summed E-state index contributed by atoms with van der Waals surface area (Å²) in [5.41, 5.74) is 1.25. The average molecular weight is 597 g/mol. The Hall–Kier alpha value is -4.00. The number of hydrogen-bond acceptors (Lipinski definition) is 10. The van der Waals surface area contributed by atoms with E-state index in [0.717, 1.165) is 31.7 Å². The number of aromatic nitrogens is 3. The molecule has 0 radical (unpaired) electrons. The van der Waals surface area contributed by atoms with Crippen molar-refractivity contribution in [3.05, 3.63) is 59.7 Å². The van der Waals surface area contributed by atoms with Crippen LogP contribution in [0.5, 0.6) is 5.75 Å². The topological polar surface area (TPSA) is 128 Å². The fourth-order valence-corrected chi connectivity index (χ4v) is 5.81. The number of ether oxygens (including phenoxy) is 1. The molecule has 222 valence electrons. The molecule has 2 aliphatic rings. The Morgan fingerprint density at radius 3 is 2.55 bits per heavy atom. The third kappa shape index (κ3) is 6.10.